The first-order valence-electron chi connectivity index (χ1n) is 9.43. The van der Waals surface area contributed by atoms with E-state index in [0.29, 0.717) is 21.2 Å². The minimum Gasteiger partial charge on any atom is -0.361 e. The van der Waals surface area contributed by atoms with Crippen molar-refractivity contribution in [1.82, 2.24) is 5.16 Å². The Hall–Kier alpha value is -2.25. The zero-order valence-electron chi connectivity index (χ0n) is 16.1. The summed E-state index contributed by atoms with van der Waals surface area (Å²) >= 11 is 2.99. The molecule has 1 aliphatic rings. The molecule has 146 valence electrons. The molecule has 1 amide bonds. The van der Waals surface area contributed by atoms with Crippen molar-refractivity contribution in [3.8, 4) is 0 Å². The average molecular weight is 415 g/mol. The Labute approximate surface area is 171 Å². The van der Waals surface area contributed by atoms with Crippen LogP contribution in [0.2, 0.25) is 0 Å². The number of hydrogen-bond donors (Lipinski definition) is 1. The van der Waals surface area contributed by atoms with E-state index in [0.717, 1.165) is 42.5 Å². The third-order valence-corrected chi connectivity index (χ3v) is 7.37. The third kappa shape index (κ3) is 3.33. The minimum atomic E-state index is -0.407. The van der Waals surface area contributed by atoms with E-state index in [-0.39, 0.29) is 11.7 Å². The Kier molecular flexibility index (Phi) is 5.21. The van der Waals surface area contributed by atoms with Gasteiger partial charge in [-0.2, -0.15) is 0 Å². The molecule has 3 heterocycles. The molecule has 0 aromatic carbocycles. The summed E-state index contributed by atoms with van der Waals surface area (Å²) in [5.41, 5.74) is 3.34. The molecule has 7 heteroatoms. The molecule has 3 aromatic heterocycles. The van der Waals surface area contributed by atoms with Gasteiger partial charge in [0.1, 0.15) is 10.8 Å². The molecule has 1 unspecified atom stereocenters. The normalized spacial score (nSPS) is 14.5. The molecule has 4 rings (SSSR count). The van der Waals surface area contributed by atoms with Crippen LogP contribution in [0.5, 0.6) is 0 Å². The second-order valence-electron chi connectivity index (χ2n) is 7.17. The molecule has 0 saturated carbocycles. The maximum Gasteiger partial charge on any atom is 0.232 e. The van der Waals surface area contributed by atoms with E-state index in [2.05, 4.69) is 10.5 Å². The van der Waals surface area contributed by atoms with Crippen LogP contribution in [0.15, 0.2) is 22.0 Å². The number of hydrogen-bond acceptors (Lipinski definition) is 6. The highest BCUT2D eigenvalue weighted by Crippen LogP contribution is 2.40. The number of carbonyl (C=O) groups excluding carboxylic acids is 2. The first-order valence-corrected chi connectivity index (χ1v) is 11.1. The lowest BCUT2D eigenvalue weighted by atomic mass is 9.93. The summed E-state index contributed by atoms with van der Waals surface area (Å²) in [6.07, 6.45) is 4.08. The van der Waals surface area contributed by atoms with Crippen LogP contribution in [0, 0.1) is 13.8 Å². The number of aryl methyl sites for hydroxylation is 3. The fourth-order valence-corrected chi connectivity index (χ4v) is 5.84. The van der Waals surface area contributed by atoms with Gasteiger partial charge in [-0.25, -0.2) is 0 Å². The number of nitrogens with one attached hydrogen (secondary N) is 1. The van der Waals surface area contributed by atoms with Gasteiger partial charge in [-0.15, -0.1) is 22.7 Å². The molecular weight excluding hydrogens is 392 g/mol. The number of thiophene rings is 2. The molecule has 28 heavy (non-hydrogen) atoms. The lowest BCUT2D eigenvalue weighted by Crippen LogP contribution is -2.20. The molecule has 0 saturated heterocycles. The highest BCUT2D eigenvalue weighted by Gasteiger charge is 2.29. The average Bonchev–Trinajstić information content (AvgIpc) is 3.40. The summed E-state index contributed by atoms with van der Waals surface area (Å²) in [6.45, 7) is 5.50. The van der Waals surface area contributed by atoms with E-state index >= 15 is 0 Å². The highest BCUT2D eigenvalue weighted by molar-refractivity contribution is 7.17. The Bertz CT molecular complexity index is 1010. The maximum atomic E-state index is 13.2. The van der Waals surface area contributed by atoms with E-state index in [4.69, 9.17) is 4.52 Å². The number of fused-ring (bicyclic) bond motifs is 1. The van der Waals surface area contributed by atoms with Gasteiger partial charge in [0.2, 0.25) is 11.7 Å². The zero-order chi connectivity index (χ0) is 19.8. The van der Waals surface area contributed by atoms with Crippen LogP contribution in [0.3, 0.4) is 0 Å². The summed E-state index contributed by atoms with van der Waals surface area (Å²) in [5, 5.41) is 9.58. The predicted octanol–water partition coefficient (Wildman–Crippen LogP) is 5.27. The summed E-state index contributed by atoms with van der Waals surface area (Å²) in [6, 6.07) is 3.73. The van der Waals surface area contributed by atoms with Gasteiger partial charge in [-0.1, -0.05) is 11.2 Å². The zero-order valence-corrected chi connectivity index (χ0v) is 17.8. The number of anilines is 1. The standard InChI is InChI=1S/C21H22N2O3S2/c1-11(17-12(2)23-26-13(17)3)20(25)22-21-18(19(24)16-9-6-10-27-16)14-7-4-5-8-15(14)28-21/h6,9-11H,4-5,7-8H2,1-3H3,(H,22,25). The number of carbonyl (C=O) groups is 2. The van der Waals surface area contributed by atoms with Gasteiger partial charge in [0.25, 0.3) is 0 Å². The molecule has 0 spiro atoms. The molecule has 3 aromatic rings. The van der Waals surface area contributed by atoms with Crippen molar-refractivity contribution < 1.29 is 14.1 Å². The van der Waals surface area contributed by atoms with Gasteiger partial charge in [0, 0.05) is 10.4 Å². The van der Waals surface area contributed by atoms with E-state index < -0.39 is 5.92 Å². The number of rotatable bonds is 5. The van der Waals surface area contributed by atoms with Crippen molar-refractivity contribution >= 4 is 39.4 Å². The predicted molar refractivity (Wildman–Crippen MR) is 112 cm³/mol. The number of amides is 1. The van der Waals surface area contributed by atoms with Crippen molar-refractivity contribution in [2.75, 3.05) is 5.32 Å². The van der Waals surface area contributed by atoms with Gasteiger partial charge in [0.05, 0.1) is 22.1 Å². The molecule has 5 nitrogen and oxygen atoms in total. The second kappa shape index (κ2) is 7.64. The Balaban J connectivity index is 1.68. The Morgan fingerprint density at radius 1 is 1.25 bits per heavy atom. The summed E-state index contributed by atoms with van der Waals surface area (Å²) in [4.78, 5) is 28.1. The van der Waals surface area contributed by atoms with Crippen LogP contribution in [0.4, 0.5) is 5.00 Å². The molecule has 0 radical (unpaired) electrons. The number of nitrogens with zero attached hydrogens (tertiary/aromatic N) is 1. The van der Waals surface area contributed by atoms with Crippen LogP contribution in [-0.2, 0) is 17.6 Å². The quantitative estimate of drug-likeness (QED) is 0.578. The summed E-state index contributed by atoms with van der Waals surface area (Å²) < 4.78 is 5.21. The summed E-state index contributed by atoms with van der Waals surface area (Å²) in [5.74, 6) is 0.110. The fourth-order valence-electron chi connectivity index (χ4n) is 3.88. The molecule has 0 fully saturated rings. The molecule has 1 atom stereocenters. The maximum absolute atomic E-state index is 13.2. The first-order chi connectivity index (χ1) is 13.5. The van der Waals surface area contributed by atoms with Crippen molar-refractivity contribution in [3.05, 3.63) is 55.4 Å². The van der Waals surface area contributed by atoms with Crippen LogP contribution < -0.4 is 5.32 Å². The molecular formula is C21H22N2O3S2. The number of ketones is 1. The van der Waals surface area contributed by atoms with Gasteiger partial charge in [0.15, 0.2) is 0 Å². The highest BCUT2D eigenvalue weighted by atomic mass is 32.1. The molecule has 1 aliphatic carbocycles. The SMILES string of the molecule is Cc1noc(C)c1C(C)C(=O)Nc1sc2c(c1C(=O)c1cccs1)CCCC2. The van der Waals surface area contributed by atoms with Crippen LogP contribution >= 0.6 is 22.7 Å². The van der Waals surface area contributed by atoms with Crippen molar-refractivity contribution in [1.29, 1.82) is 0 Å². The van der Waals surface area contributed by atoms with E-state index in [1.165, 1.54) is 16.2 Å². The fraction of sp³-hybridized carbons (Fsp3) is 0.381. The lowest BCUT2D eigenvalue weighted by Gasteiger charge is -2.13. The van der Waals surface area contributed by atoms with E-state index in [1.54, 1.807) is 11.3 Å². The molecule has 0 aliphatic heterocycles. The van der Waals surface area contributed by atoms with Gasteiger partial charge in [-0.05, 0) is 63.5 Å². The van der Waals surface area contributed by atoms with Crippen molar-refractivity contribution in [2.45, 2.75) is 52.4 Å². The molecule has 0 bridgehead atoms. The van der Waals surface area contributed by atoms with Gasteiger partial charge >= 0.3 is 0 Å². The smallest absolute Gasteiger partial charge is 0.232 e. The van der Waals surface area contributed by atoms with Crippen LogP contribution in [0.1, 0.15) is 68.4 Å². The number of aromatic nitrogens is 1. The van der Waals surface area contributed by atoms with Gasteiger partial charge in [-0.3, -0.25) is 9.59 Å². The lowest BCUT2D eigenvalue weighted by molar-refractivity contribution is -0.117. The van der Waals surface area contributed by atoms with Crippen LogP contribution in [0.25, 0.3) is 0 Å². The van der Waals surface area contributed by atoms with Crippen LogP contribution in [-0.4, -0.2) is 16.8 Å². The van der Waals surface area contributed by atoms with Crippen molar-refractivity contribution in [2.24, 2.45) is 0 Å². The van der Waals surface area contributed by atoms with E-state index in [1.807, 2.05) is 38.3 Å². The Morgan fingerprint density at radius 3 is 2.71 bits per heavy atom. The first kappa shape index (κ1) is 19.1. The topological polar surface area (TPSA) is 72.2 Å². The largest absolute Gasteiger partial charge is 0.361 e. The molecule has 1 N–H and O–H groups in total. The van der Waals surface area contributed by atoms with Gasteiger partial charge < -0.3 is 9.84 Å². The Morgan fingerprint density at radius 2 is 2.04 bits per heavy atom. The second-order valence-corrected chi connectivity index (χ2v) is 9.22. The van der Waals surface area contributed by atoms with Crippen molar-refractivity contribution in [3.63, 3.8) is 0 Å². The summed E-state index contributed by atoms with van der Waals surface area (Å²) in [7, 11) is 0. The van der Waals surface area contributed by atoms with E-state index in [9.17, 15) is 9.59 Å². The minimum absolute atomic E-state index is 0.00897. The third-order valence-electron chi connectivity index (χ3n) is 5.29. The monoisotopic (exact) mass is 414 g/mol.